The first-order chi connectivity index (χ1) is 10.3. The van der Waals surface area contributed by atoms with E-state index < -0.39 is 0 Å². The number of nitrogens with one attached hydrogen (secondary N) is 2. The van der Waals surface area contributed by atoms with Crippen molar-refractivity contribution in [2.24, 2.45) is 5.92 Å². The molecule has 2 heteroatoms. The number of benzene rings is 2. The zero-order valence-electron chi connectivity index (χ0n) is 12.3. The molecule has 0 bridgehead atoms. The van der Waals surface area contributed by atoms with Crippen molar-refractivity contribution in [3.05, 3.63) is 71.4 Å². The molecule has 2 aromatic carbocycles. The van der Waals surface area contributed by atoms with Gasteiger partial charge >= 0.3 is 0 Å². The number of fused-ring (bicyclic) bond motifs is 3. The highest BCUT2D eigenvalue weighted by Crippen LogP contribution is 2.41. The van der Waals surface area contributed by atoms with Gasteiger partial charge in [-0.05, 0) is 35.1 Å². The molecular weight excluding hydrogens is 256 g/mol. The molecule has 2 heterocycles. The Morgan fingerprint density at radius 2 is 1.90 bits per heavy atom. The molecule has 2 aliphatic heterocycles. The number of rotatable bonds is 2. The van der Waals surface area contributed by atoms with E-state index in [1.165, 1.54) is 28.0 Å². The number of hydrogen-bond acceptors (Lipinski definition) is 2. The molecule has 0 aromatic heterocycles. The zero-order chi connectivity index (χ0) is 14.2. The highest BCUT2D eigenvalue weighted by Gasteiger charge is 2.33. The minimum absolute atomic E-state index is 0.457. The lowest BCUT2D eigenvalue weighted by Crippen LogP contribution is -2.35. The molecule has 2 aliphatic rings. The van der Waals surface area contributed by atoms with Crippen molar-refractivity contribution in [3.63, 3.8) is 0 Å². The van der Waals surface area contributed by atoms with Crippen molar-refractivity contribution >= 4 is 11.3 Å². The molecule has 0 aliphatic carbocycles. The molecule has 0 spiro atoms. The van der Waals surface area contributed by atoms with Crippen molar-refractivity contribution in [3.8, 4) is 0 Å². The Bertz CT molecular complexity index is 688. The summed E-state index contributed by atoms with van der Waals surface area (Å²) in [6.45, 7) is 3.35. The molecule has 2 aromatic rings. The highest BCUT2D eigenvalue weighted by molar-refractivity contribution is 5.89. The summed E-state index contributed by atoms with van der Waals surface area (Å²) in [6, 6.07) is 17.8. The Hall–Kier alpha value is -2.22. The van der Waals surface area contributed by atoms with E-state index in [1.807, 2.05) is 0 Å². The van der Waals surface area contributed by atoms with Gasteiger partial charge < -0.3 is 10.6 Å². The molecule has 2 atom stereocenters. The van der Waals surface area contributed by atoms with Gasteiger partial charge in [0.25, 0.3) is 0 Å². The van der Waals surface area contributed by atoms with Crippen molar-refractivity contribution in [1.82, 2.24) is 5.32 Å². The SMILES string of the molecule is CC1CNC=C2c3c(Cc4ccccc4)cccc3NC21. The molecule has 2 unspecified atom stereocenters. The fourth-order valence-corrected chi connectivity index (χ4v) is 3.51. The van der Waals surface area contributed by atoms with Gasteiger partial charge in [0.2, 0.25) is 0 Å². The van der Waals surface area contributed by atoms with E-state index >= 15 is 0 Å². The third kappa shape index (κ3) is 2.11. The molecule has 0 saturated carbocycles. The van der Waals surface area contributed by atoms with Crippen LogP contribution in [0.2, 0.25) is 0 Å². The summed E-state index contributed by atoms with van der Waals surface area (Å²) in [7, 11) is 0. The van der Waals surface area contributed by atoms with Crippen LogP contribution in [-0.4, -0.2) is 12.6 Å². The van der Waals surface area contributed by atoms with Crippen LogP contribution in [-0.2, 0) is 6.42 Å². The van der Waals surface area contributed by atoms with Crippen LogP contribution in [0.15, 0.2) is 54.7 Å². The van der Waals surface area contributed by atoms with E-state index in [0.717, 1.165) is 13.0 Å². The number of hydrogen-bond donors (Lipinski definition) is 2. The highest BCUT2D eigenvalue weighted by atomic mass is 15.0. The van der Waals surface area contributed by atoms with E-state index in [9.17, 15) is 0 Å². The van der Waals surface area contributed by atoms with Gasteiger partial charge in [-0.3, -0.25) is 0 Å². The van der Waals surface area contributed by atoms with E-state index in [2.05, 4.69) is 72.3 Å². The minimum Gasteiger partial charge on any atom is -0.390 e. The summed E-state index contributed by atoms with van der Waals surface area (Å²) in [5.41, 5.74) is 6.90. The molecule has 2 nitrogen and oxygen atoms in total. The fraction of sp³-hybridized carbons (Fsp3) is 0.263. The molecule has 0 amide bonds. The maximum atomic E-state index is 3.70. The molecule has 106 valence electrons. The first kappa shape index (κ1) is 12.5. The minimum atomic E-state index is 0.457. The van der Waals surface area contributed by atoms with Crippen LogP contribution >= 0.6 is 0 Å². The van der Waals surface area contributed by atoms with Crippen LogP contribution in [0.1, 0.15) is 23.6 Å². The lowest BCUT2D eigenvalue weighted by atomic mass is 9.88. The Kier molecular flexibility index (Phi) is 2.95. The van der Waals surface area contributed by atoms with Gasteiger partial charge in [-0.15, -0.1) is 0 Å². The van der Waals surface area contributed by atoms with Crippen LogP contribution < -0.4 is 10.6 Å². The van der Waals surface area contributed by atoms with E-state index in [-0.39, 0.29) is 0 Å². The lowest BCUT2D eigenvalue weighted by molar-refractivity contribution is 0.517. The smallest absolute Gasteiger partial charge is 0.0577 e. The Morgan fingerprint density at radius 3 is 2.76 bits per heavy atom. The van der Waals surface area contributed by atoms with Gasteiger partial charge in [0.05, 0.1) is 6.04 Å². The van der Waals surface area contributed by atoms with E-state index in [0.29, 0.717) is 12.0 Å². The maximum absolute atomic E-state index is 3.70. The van der Waals surface area contributed by atoms with Gasteiger partial charge in [0.15, 0.2) is 0 Å². The van der Waals surface area contributed by atoms with Crippen LogP contribution in [0.3, 0.4) is 0 Å². The molecule has 0 radical (unpaired) electrons. The molecule has 4 rings (SSSR count). The standard InChI is InChI=1S/C19H20N2/c1-13-11-20-12-16-18-15(10-14-6-3-2-4-7-14)8-5-9-17(18)21-19(13)16/h2-9,12-13,19-21H,10-11H2,1H3. The zero-order valence-corrected chi connectivity index (χ0v) is 12.3. The summed E-state index contributed by atoms with van der Waals surface area (Å²) >= 11 is 0. The van der Waals surface area contributed by atoms with Crippen LogP contribution in [0.4, 0.5) is 5.69 Å². The topological polar surface area (TPSA) is 24.1 Å². The van der Waals surface area contributed by atoms with Crippen molar-refractivity contribution in [1.29, 1.82) is 0 Å². The molecule has 21 heavy (non-hydrogen) atoms. The van der Waals surface area contributed by atoms with Crippen LogP contribution in [0.25, 0.3) is 5.57 Å². The van der Waals surface area contributed by atoms with Crippen molar-refractivity contribution in [2.75, 3.05) is 11.9 Å². The summed E-state index contributed by atoms with van der Waals surface area (Å²) < 4.78 is 0. The molecule has 0 fully saturated rings. The Balaban J connectivity index is 1.76. The third-order valence-corrected chi connectivity index (χ3v) is 4.59. The predicted octanol–water partition coefficient (Wildman–Crippen LogP) is 3.65. The van der Waals surface area contributed by atoms with Gasteiger partial charge in [-0.1, -0.05) is 49.4 Å². The summed E-state index contributed by atoms with van der Waals surface area (Å²) in [5, 5.41) is 7.14. The van der Waals surface area contributed by atoms with Gasteiger partial charge in [0, 0.05) is 24.0 Å². The summed E-state index contributed by atoms with van der Waals surface area (Å²) in [5.74, 6) is 0.613. The first-order valence-electron chi connectivity index (χ1n) is 7.69. The van der Waals surface area contributed by atoms with Crippen LogP contribution in [0.5, 0.6) is 0 Å². The van der Waals surface area contributed by atoms with Crippen molar-refractivity contribution in [2.45, 2.75) is 19.4 Å². The quantitative estimate of drug-likeness (QED) is 0.875. The second-order valence-corrected chi connectivity index (χ2v) is 6.11. The second kappa shape index (κ2) is 4.96. The Labute approximate surface area is 125 Å². The summed E-state index contributed by atoms with van der Waals surface area (Å²) in [6.07, 6.45) is 3.20. The number of anilines is 1. The summed E-state index contributed by atoms with van der Waals surface area (Å²) in [4.78, 5) is 0. The lowest BCUT2D eigenvalue weighted by Gasteiger charge is -2.26. The normalized spacial score (nSPS) is 22.6. The van der Waals surface area contributed by atoms with E-state index in [1.54, 1.807) is 0 Å². The maximum Gasteiger partial charge on any atom is 0.0577 e. The molecule has 2 N–H and O–H groups in total. The largest absolute Gasteiger partial charge is 0.390 e. The van der Waals surface area contributed by atoms with Gasteiger partial charge in [0.1, 0.15) is 0 Å². The second-order valence-electron chi connectivity index (χ2n) is 6.11. The van der Waals surface area contributed by atoms with Gasteiger partial charge in [-0.25, -0.2) is 0 Å². The average Bonchev–Trinajstić information content (AvgIpc) is 2.90. The first-order valence-corrected chi connectivity index (χ1v) is 7.69. The van der Waals surface area contributed by atoms with Crippen molar-refractivity contribution < 1.29 is 0 Å². The predicted molar refractivity (Wildman–Crippen MR) is 88.2 cm³/mol. The molecular formula is C19H20N2. The Morgan fingerprint density at radius 1 is 1.05 bits per heavy atom. The fourth-order valence-electron chi connectivity index (χ4n) is 3.51. The monoisotopic (exact) mass is 276 g/mol. The average molecular weight is 276 g/mol. The van der Waals surface area contributed by atoms with Crippen LogP contribution in [0, 0.1) is 5.92 Å². The molecule has 0 saturated heterocycles. The third-order valence-electron chi connectivity index (χ3n) is 4.59. The van der Waals surface area contributed by atoms with Gasteiger partial charge in [-0.2, -0.15) is 0 Å². The van der Waals surface area contributed by atoms with E-state index in [4.69, 9.17) is 0 Å².